The van der Waals surface area contributed by atoms with E-state index in [1.807, 2.05) is 7.05 Å². The molecule has 0 radical (unpaired) electrons. The van der Waals surface area contributed by atoms with Crippen LogP contribution in [-0.2, 0) is 0 Å². The van der Waals surface area contributed by atoms with Gasteiger partial charge in [0.15, 0.2) is 0 Å². The van der Waals surface area contributed by atoms with Crippen LogP contribution in [0.15, 0.2) is 0 Å². The minimum absolute atomic E-state index is 0.215. The van der Waals surface area contributed by atoms with Crippen LogP contribution in [0.1, 0.15) is 20.3 Å². The molecule has 10 heavy (non-hydrogen) atoms. The first kappa shape index (κ1) is 9.88. The second-order valence-electron chi connectivity index (χ2n) is 2.49. The Labute approximate surface area is 62.8 Å². The molecule has 0 aliphatic heterocycles. The van der Waals surface area contributed by atoms with Crippen LogP contribution < -0.4 is 10.6 Å². The van der Waals surface area contributed by atoms with Crippen LogP contribution in [-0.4, -0.2) is 31.0 Å². The highest BCUT2D eigenvalue weighted by Gasteiger charge is 2.09. The molecular formula is C7H18N2O. The Bertz CT molecular complexity index is 76.0. The van der Waals surface area contributed by atoms with Gasteiger partial charge in [0.1, 0.15) is 0 Å². The zero-order valence-electron chi connectivity index (χ0n) is 7.02. The molecule has 0 unspecified atom stereocenters. The second kappa shape index (κ2) is 5.65. The molecule has 3 heteroatoms. The van der Waals surface area contributed by atoms with Crippen molar-refractivity contribution in [3.05, 3.63) is 0 Å². The summed E-state index contributed by atoms with van der Waals surface area (Å²) < 4.78 is 0. The van der Waals surface area contributed by atoms with E-state index in [-0.39, 0.29) is 12.1 Å². The molecule has 0 amide bonds. The van der Waals surface area contributed by atoms with E-state index in [0.29, 0.717) is 0 Å². The van der Waals surface area contributed by atoms with Gasteiger partial charge < -0.3 is 10.4 Å². The van der Waals surface area contributed by atoms with Crippen molar-refractivity contribution >= 4 is 0 Å². The Morgan fingerprint density at radius 2 is 2.10 bits per heavy atom. The zero-order valence-corrected chi connectivity index (χ0v) is 7.02. The summed E-state index contributed by atoms with van der Waals surface area (Å²) in [7, 11) is 1.88. The third-order valence-electron chi connectivity index (χ3n) is 1.56. The molecule has 0 aromatic carbocycles. The van der Waals surface area contributed by atoms with E-state index in [2.05, 4.69) is 17.6 Å². The average molecular weight is 146 g/mol. The van der Waals surface area contributed by atoms with Gasteiger partial charge in [-0.25, -0.2) is 0 Å². The van der Waals surface area contributed by atoms with Crippen LogP contribution in [0.25, 0.3) is 0 Å². The van der Waals surface area contributed by atoms with Crippen LogP contribution in [0.5, 0.6) is 0 Å². The van der Waals surface area contributed by atoms with E-state index in [1.54, 1.807) is 6.92 Å². The van der Waals surface area contributed by atoms with Gasteiger partial charge in [0, 0.05) is 12.7 Å². The summed E-state index contributed by atoms with van der Waals surface area (Å²) in [5.41, 5.74) is 0. The van der Waals surface area contributed by atoms with Gasteiger partial charge in [0.05, 0.1) is 6.10 Å². The third kappa shape index (κ3) is 3.82. The number of nitrogens with one attached hydrogen (secondary N) is 2. The molecule has 0 aromatic rings. The fourth-order valence-electron chi connectivity index (χ4n) is 0.889. The maximum absolute atomic E-state index is 9.15. The van der Waals surface area contributed by atoms with Gasteiger partial charge in [0.2, 0.25) is 0 Å². The van der Waals surface area contributed by atoms with Crippen LogP contribution in [0, 0.1) is 0 Å². The van der Waals surface area contributed by atoms with Crippen molar-refractivity contribution in [1.82, 2.24) is 10.6 Å². The molecule has 0 aromatic heterocycles. The van der Waals surface area contributed by atoms with Crippen LogP contribution in [0.2, 0.25) is 0 Å². The van der Waals surface area contributed by atoms with E-state index in [0.717, 1.165) is 13.1 Å². The quantitative estimate of drug-likeness (QED) is 0.475. The van der Waals surface area contributed by atoms with Crippen molar-refractivity contribution in [3.63, 3.8) is 0 Å². The van der Waals surface area contributed by atoms with Gasteiger partial charge in [-0.05, 0) is 20.4 Å². The van der Waals surface area contributed by atoms with Gasteiger partial charge in [0.25, 0.3) is 0 Å². The molecule has 0 aliphatic carbocycles. The van der Waals surface area contributed by atoms with Gasteiger partial charge in [-0.1, -0.05) is 6.92 Å². The van der Waals surface area contributed by atoms with Gasteiger partial charge >= 0.3 is 0 Å². The summed E-state index contributed by atoms with van der Waals surface area (Å²) in [6.07, 6.45) is 0.692. The largest absolute Gasteiger partial charge is 0.392 e. The van der Waals surface area contributed by atoms with Gasteiger partial charge in [-0.3, -0.25) is 5.32 Å². The summed E-state index contributed by atoms with van der Waals surface area (Å²) in [4.78, 5) is 0. The van der Waals surface area contributed by atoms with Crippen LogP contribution in [0.3, 0.4) is 0 Å². The minimum atomic E-state index is -0.265. The lowest BCUT2D eigenvalue weighted by atomic mass is 10.1. The first-order valence-electron chi connectivity index (χ1n) is 3.78. The van der Waals surface area contributed by atoms with E-state index in [4.69, 9.17) is 5.11 Å². The van der Waals surface area contributed by atoms with E-state index in [9.17, 15) is 0 Å². The van der Waals surface area contributed by atoms with Crippen LogP contribution >= 0.6 is 0 Å². The highest BCUT2D eigenvalue weighted by atomic mass is 16.3. The topological polar surface area (TPSA) is 44.3 Å². The van der Waals surface area contributed by atoms with Gasteiger partial charge in [-0.2, -0.15) is 0 Å². The Kier molecular flexibility index (Phi) is 5.58. The highest BCUT2D eigenvalue weighted by Crippen LogP contribution is 1.95. The number of aliphatic hydroxyl groups is 1. The first-order valence-corrected chi connectivity index (χ1v) is 3.78. The van der Waals surface area contributed by atoms with E-state index < -0.39 is 0 Å². The molecule has 3 N–H and O–H groups in total. The molecule has 0 fully saturated rings. The maximum Gasteiger partial charge on any atom is 0.0665 e. The maximum atomic E-state index is 9.15. The molecule has 0 heterocycles. The van der Waals surface area contributed by atoms with Crippen molar-refractivity contribution in [2.75, 3.05) is 13.7 Å². The summed E-state index contributed by atoms with van der Waals surface area (Å²) >= 11 is 0. The Morgan fingerprint density at radius 3 is 2.40 bits per heavy atom. The SMILES string of the molecule is CC[C@H](NCNC)[C@H](C)O. The lowest BCUT2D eigenvalue weighted by Gasteiger charge is -2.19. The predicted molar refractivity (Wildman–Crippen MR) is 42.8 cm³/mol. The third-order valence-corrected chi connectivity index (χ3v) is 1.56. The van der Waals surface area contributed by atoms with Crippen molar-refractivity contribution in [2.45, 2.75) is 32.4 Å². The molecule has 3 nitrogen and oxygen atoms in total. The van der Waals surface area contributed by atoms with Crippen LogP contribution in [0.4, 0.5) is 0 Å². The molecule has 0 spiro atoms. The Balaban J connectivity index is 3.40. The molecule has 0 bridgehead atoms. The minimum Gasteiger partial charge on any atom is -0.392 e. The van der Waals surface area contributed by atoms with E-state index >= 15 is 0 Å². The van der Waals surface area contributed by atoms with Gasteiger partial charge in [-0.15, -0.1) is 0 Å². The molecule has 2 atom stereocenters. The Morgan fingerprint density at radius 1 is 1.50 bits per heavy atom. The Hall–Kier alpha value is -0.120. The monoisotopic (exact) mass is 146 g/mol. The van der Waals surface area contributed by atoms with Crippen molar-refractivity contribution in [2.24, 2.45) is 0 Å². The molecular weight excluding hydrogens is 128 g/mol. The average Bonchev–Trinajstić information content (AvgIpc) is 1.89. The molecule has 62 valence electrons. The molecule has 0 saturated carbocycles. The lowest BCUT2D eigenvalue weighted by Crippen LogP contribution is -2.41. The first-order chi connectivity index (χ1) is 4.72. The molecule has 0 rings (SSSR count). The normalized spacial score (nSPS) is 16.8. The predicted octanol–water partition coefficient (Wildman–Crippen LogP) is -0.0877. The number of hydrogen-bond donors (Lipinski definition) is 3. The number of aliphatic hydroxyl groups excluding tert-OH is 1. The van der Waals surface area contributed by atoms with Crippen molar-refractivity contribution in [3.8, 4) is 0 Å². The standard InChI is InChI=1S/C7H18N2O/c1-4-7(6(2)10)9-5-8-3/h6-10H,4-5H2,1-3H3/t6-,7-/m0/s1. The molecule has 0 saturated heterocycles. The summed E-state index contributed by atoms with van der Waals surface area (Å²) in [5.74, 6) is 0. The number of rotatable bonds is 5. The zero-order chi connectivity index (χ0) is 7.98. The highest BCUT2D eigenvalue weighted by molar-refractivity contribution is 4.68. The fraction of sp³-hybridized carbons (Fsp3) is 1.00. The van der Waals surface area contributed by atoms with E-state index in [1.165, 1.54) is 0 Å². The number of hydrogen-bond acceptors (Lipinski definition) is 3. The lowest BCUT2D eigenvalue weighted by molar-refractivity contribution is 0.142. The summed E-state index contributed by atoms with van der Waals surface area (Å²) in [6, 6.07) is 0.215. The smallest absolute Gasteiger partial charge is 0.0665 e. The second-order valence-corrected chi connectivity index (χ2v) is 2.49. The molecule has 0 aliphatic rings. The van der Waals surface area contributed by atoms with Crippen molar-refractivity contribution in [1.29, 1.82) is 0 Å². The van der Waals surface area contributed by atoms with Crippen molar-refractivity contribution < 1.29 is 5.11 Å². The summed E-state index contributed by atoms with van der Waals surface area (Å²) in [5, 5.41) is 15.3. The fourth-order valence-corrected chi connectivity index (χ4v) is 0.889. The summed E-state index contributed by atoms with van der Waals surface area (Å²) in [6.45, 7) is 4.61.